The summed E-state index contributed by atoms with van der Waals surface area (Å²) in [6.07, 6.45) is -2.69. The molecule has 1 aliphatic heterocycles. The number of rotatable bonds is 5. The fraction of sp³-hybridized carbons (Fsp3) is 0.455. The first-order chi connectivity index (χ1) is 13.8. The minimum atomic E-state index is -4.53. The van der Waals surface area contributed by atoms with E-state index in [9.17, 15) is 22.8 Å². The first-order valence-corrected chi connectivity index (χ1v) is 9.68. The number of ether oxygens (including phenoxy) is 1. The summed E-state index contributed by atoms with van der Waals surface area (Å²) in [6.45, 7) is 8.46. The summed E-state index contributed by atoms with van der Waals surface area (Å²) in [5.74, 6) is -0.458. The number of halogens is 3. The van der Waals surface area contributed by atoms with Gasteiger partial charge in [-0.1, -0.05) is 19.1 Å². The highest BCUT2D eigenvalue weighted by Crippen LogP contribution is 2.36. The molecule has 2 rings (SSSR count). The number of hydrogen-bond acceptors (Lipinski definition) is 4. The van der Waals surface area contributed by atoms with Crippen molar-refractivity contribution >= 4 is 17.6 Å². The van der Waals surface area contributed by atoms with Crippen LogP contribution < -0.4 is 10.2 Å². The Kier molecular flexibility index (Phi) is 7.00. The topological polar surface area (TPSA) is 58.6 Å². The van der Waals surface area contributed by atoms with E-state index in [0.717, 1.165) is 17.7 Å². The Hall–Kier alpha value is -2.77. The molecule has 1 N–H and O–H groups in total. The highest BCUT2D eigenvalue weighted by Gasteiger charge is 2.38. The number of anilines is 1. The van der Waals surface area contributed by atoms with Gasteiger partial charge in [0.2, 0.25) is 0 Å². The van der Waals surface area contributed by atoms with Crippen LogP contribution in [0.1, 0.15) is 46.6 Å². The van der Waals surface area contributed by atoms with Crippen LogP contribution in [0.2, 0.25) is 0 Å². The second kappa shape index (κ2) is 8.93. The number of hydrogen-bond donors (Lipinski definition) is 1. The third-order valence-electron chi connectivity index (χ3n) is 4.39. The van der Waals surface area contributed by atoms with Gasteiger partial charge >= 0.3 is 12.3 Å². The SMILES string of the molecule is CCC1C=C(C(F)(F)F)C=C(C(C)=O)N1c1cccc(CNC(=O)OC(C)(C)C)c1. The van der Waals surface area contributed by atoms with Gasteiger partial charge in [0, 0.05) is 19.2 Å². The second-order valence-corrected chi connectivity index (χ2v) is 8.08. The number of ketones is 1. The van der Waals surface area contributed by atoms with E-state index in [2.05, 4.69) is 5.32 Å². The molecule has 1 aromatic carbocycles. The molecule has 1 unspecified atom stereocenters. The molecule has 0 aromatic heterocycles. The number of alkyl carbamates (subject to hydrolysis) is 1. The van der Waals surface area contributed by atoms with E-state index in [4.69, 9.17) is 4.74 Å². The average molecular weight is 424 g/mol. The lowest BCUT2D eigenvalue weighted by Gasteiger charge is -2.36. The van der Waals surface area contributed by atoms with E-state index in [1.807, 2.05) is 0 Å². The van der Waals surface area contributed by atoms with E-state index in [1.165, 1.54) is 6.92 Å². The minimum absolute atomic E-state index is 0.0195. The molecule has 1 atom stereocenters. The van der Waals surface area contributed by atoms with Crippen molar-refractivity contribution in [1.29, 1.82) is 0 Å². The van der Waals surface area contributed by atoms with Gasteiger partial charge < -0.3 is 15.0 Å². The number of nitrogens with one attached hydrogen (secondary N) is 1. The van der Waals surface area contributed by atoms with E-state index in [0.29, 0.717) is 12.1 Å². The molecule has 1 amide bonds. The molecule has 0 saturated heterocycles. The molecule has 30 heavy (non-hydrogen) atoms. The predicted octanol–water partition coefficient (Wildman–Crippen LogP) is 5.27. The molecule has 0 radical (unpaired) electrons. The van der Waals surface area contributed by atoms with Crippen LogP contribution in [-0.4, -0.2) is 29.7 Å². The van der Waals surface area contributed by atoms with Crippen molar-refractivity contribution in [2.45, 2.75) is 65.4 Å². The monoisotopic (exact) mass is 424 g/mol. The van der Waals surface area contributed by atoms with E-state index in [1.54, 1.807) is 56.9 Å². The van der Waals surface area contributed by atoms with Crippen LogP contribution in [0.3, 0.4) is 0 Å². The van der Waals surface area contributed by atoms with Crippen LogP contribution in [0, 0.1) is 0 Å². The Balaban J connectivity index is 2.30. The summed E-state index contributed by atoms with van der Waals surface area (Å²) in [7, 11) is 0. The fourth-order valence-electron chi connectivity index (χ4n) is 3.11. The zero-order chi connectivity index (χ0) is 22.7. The second-order valence-electron chi connectivity index (χ2n) is 8.08. The zero-order valence-electron chi connectivity index (χ0n) is 17.8. The molecule has 164 valence electrons. The van der Waals surface area contributed by atoms with Gasteiger partial charge in [0.05, 0.1) is 17.3 Å². The zero-order valence-corrected chi connectivity index (χ0v) is 17.8. The van der Waals surface area contributed by atoms with Crippen molar-refractivity contribution in [2.24, 2.45) is 0 Å². The molecule has 1 heterocycles. The molecular weight excluding hydrogens is 397 g/mol. The summed E-state index contributed by atoms with van der Waals surface area (Å²) in [5, 5.41) is 2.65. The number of carbonyl (C=O) groups excluding carboxylic acids is 2. The summed E-state index contributed by atoms with van der Waals surface area (Å²) in [4.78, 5) is 25.7. The maximum absolute atomic E-state index is 13.3. The maximum Gasteiger partial charge on any atom is 0.416 e. The quantitative estimate of drug-likeness (QED) is 0.700. The van der Waals surface area contributed by atoms with Crippen molar-refractivity contribution < 1.29 is 27.5 Å². The largest absolute Gasteiger partial charge is 0.444 e. The predicted molar refractivity (Wildman–Crippen MR) is 109 cm³/mol. The van der Waals surface area contributed by atoms with Gasteiger partial charge in [0.1, 0.15) is 5.60 Å². The molecule has 0 spiro atoms. The summed E-state index contributed by atoms with van der Waals surface area (Å²) < 4.78 is 45.0. The Morgan fingerprint density at radius 2 is 1.87 bits per heavy atom. The molecule has 0 saturated carbocycles. The van der Waals surface area contributed by atoms with Gasteiger partial charge in [0.15, 0.2) is 5.78 Å². The summed E-state index contributed by atoms with van der Waals surface area (Å²) in [5.41, 5.74) is -0.170. The molecule has 0 aliphatic carbocycles. The number of alkyl halides is 3. The average Bonchev–Trinajstić information content (AvgIpc) is 2.63. The van der Waals surface area contributed by atoms with Gasteiger partial charge in [-0.3, -0.25) is 4.79 Å². The van der Waals surface area contributed by atoms with Gasteiger partial charge in [-0.2, -0.15) is 13.2 Å². The van der Waals surface area contributed by atoms with Gasteiger partial charge in [-0.25, -0.2) is 4.79 Å². The lowest BCUT2D eigenvalue weighted by atomic mass is 9.98. The molecular formula is C22H27F3N2O3. The van der Waals surface area contributed by atoms with E-state index >= 15 is 0 Å². The number of allylic oxidation sites excluding steroid dienone is 3. The van der Waals surface area contributed by atoms with Crippen LogP contribution in [0.25, 0.3) is 0 Å². The third kappa shape index (κ3) is 6.11. The van der Waals surface area contributed by atoms with Crippen LogP contribution in [-0.2, 0) is 16.1 Å². The smallest absolute Gasteiger partial charge is 0.416 e. The van der Waals surface area contributed by atoms with Crippen molar-refractivity contribution in [3.05, 3.63) is 53.3 Å². The first kappa shape index (κ1) is 23.5. The highest BCUT2D eigenvalue weighted by molar-refractivity contribution is 5.98. The maximum atomic E-state index is 13.3. The number of Topliss-reactive ketones (excluding diaryl/α,β-unsaturated/α-hetero) is 1. The fourth-order valence-corrected chi connectivity index (χ4v) is 3.11. The lowest BCUT2D eigenvalue weighted by Crippen LogP contribution is -2.39. The van der Waals surface area contributed by atoms with Crippen molar-refractivity contribution in [3.8, 4) is 0 Å². The number of amides is 1. The van der Waals surface area contributed by atoms with Crippen LogP contribution in [0.5, 0.6) is 0 Å². The van der Waals surface area contributed by atoms with Crippen LogP contribution >= 0.6 is 0 Å². The number of benzene rings is 1. The summed E-state index contributed by atoms with van der Waals surface area (Å²) >= 11 is 0. The third-order valence-corrected chi connectivity index (χ3v) is 4.39. The van der Waals surface area contributed by atoms with Crippen molar-refractivity contribution in [3.63, 3.8) is 0 Å². The van der Waals surface area contributed by atoms with E-state index < -0.39 is 35.3 Å². The Labute approximate surface area is 174 Å². The van der Waals surface area contributed by atoms with Crippen LogP contribution in [0.4, 0.5) is 23.7 Å². The van der Waals surface area contributed by atoms with Crippen LogP contribution in [0.15, 0.2) is 47.7 Å². The number of nitrogens with zero attached hydrogens (tertiary/aromatic N) is 1. The molecule has 0 fully saturated rings. The van der Waals surface area contributed by atoms with Gasteiger partial charge in [-0.15, -0.1) is 0 Å². The Morgan fingerprint density at radius 3 is 2.40 bits per heavy atom. The Bertz CT molecular complexity index is 867. The Morgan fingerprint density at radius 1 is 1.20 bits per heavy atom. The standard InChI is InChI=1S/C22H27F3N2O3/c1-6-17-11-16(22(23,24)25)12-19(14(2)28)27(17)18-9-7-8-15(10-18)13-26-20(29)30-21(3,4)5/h7-12,17H,6,13H2,1-5H3,(H,26,29). The molecule has 5 nitrogen and oxygen atoms in total. The summed E-state index contributed by atoms with van der Waals surface area (Å²) in [6, 6.07) is 6.35. The normalized spacial score (nSPS) is 17.2. The molecule has 1 aromatic rings. The molecule has 8 heteroatoms. The first-order valence-electron chi connectivity index (χ1n) is 9.68. The van der Waals surface area contributed by atoms with Gasteiger partial charge in [-0.05, 0) is 57.0 Å². The molecule has 1 aliphatic rings. The molecule has 0 bridgehead atoms. The highest BCUT2D eigenvalue weighted by atomic mass is 19.4. The van der Waals surface area contributed by atoms with Gasteiger partial charge in [0.25, 0.3) is 0 Å². The minimum Gasteiger partial charge on any atom is -0.444 e. The lowest BCUT2D eigenvalue weighted by molar-refractivity contribution is -0.113. The van der Waals surface area contributed by atoms with Crippen molar-refractivity contribution in [1.82, 2.24) is 5.32 Å². The van der Waals surface area contributed by atoms with Crippen molar-refractivity contribution in [2.75, 3.05) is 4.90 Å². The van der Waals surface area contributed by atoms with E-state index in [-0.39, 0.29) is 12.2 Å². The number of carbonyl (C=O) groups is 2.